The Morgan fingerprint density at radius 2 is 1.71 bits per heavy atom. The molecule has 1 N–H and O–H groups in total. The molecule has 1 heterocycles. The third-order valence-corrected chi connectivity index (χ3v) is 5.42. The molecule has 4 aromatic rings. The molecule has 3 aromatic carbocycles. The van der Waals surface area contributed by atoms with Gasteiger partial charge < -0.3 is 14.8 Å². The van der Waals surface area contributed by atoms with Crippen molar-refractivity contribution in [3.63, 3.8) is 0 Å². The number of carbonyl (C=O) groups excluding carboxylic acids is 1. The number of para-hydroxylation sites is 2. The van der Waals surface area contributed by atoms with Crippen LogP contribution >= 0.6 is 11.3 Å². The van der Waals surface area contributed by atoms with Gasteiger partial charge in [0.15, 0.2) is 11.5 Å². The zero-order valence-electron chi connectivity index (χ0n) is 15.4. The van der Waals surface area contributed by atoms with E-state index in [9.17, 15) is 4.79 Å². The number of fused-ring (bicyclic) bond motifs is 1. The van der Waals surface area contributed by atoms with Crippen molar-refractivity contribution >= 4 is 33.1 Å². The largest absolute Gasteiger partial charge is 0.493 e. The SMILES string of the molecule is COc1cccc(C(=O)Nc2ccc(-c3nc4ccccc4s3)cc2)c1OC. The van der Waals surface area contributed by atoms with E-state index < -0.39 is 0 Å². The summed E-state index contributed by atoms with van der Waals surface area (Å²) in [7, 11) is 3.06. The number of anilines is 1. The second kappa shape index (κ2) is 7.70. The maximum absolute atomic E-state index is 12.7. The average molecular weight is 390 g/mol. The number of aromatic nitrogens is 1. The van der Waals surface area contributed by atoms with Crippen molar-refractivity contribution in [1.82, 2.24) is 4.98 Å². The predicted molar refractivity (Wildman–Crippen MR) is 113 cm³/mol. The first-order valence-electron chi connectivity index (χ1n) is 8.68. The van der Waals surface area contributed by atoms with Crippen LogP contribution in [-0.2, 0) is 0 Å². The van der Waals surface area contributed by atoms with E-state index in [0.29, 0.717) is 22.7 Å². The molecule has 0 unspecified atom stereocenters. The summed E-state index contributed by atoms with van der Waals surface area (Å²) < 4.78 is 11.7. The van der Waals surface area contributed by atoms with E-state index in [0.717, 1.165) is 20.8 Å². The van der Waals surface area contributed by atoms with Gasteiger partial charge in [-0.2, -0.15) is 0 Å². The Morgan fingerprint density at radius 3 is 2.43 bits per heavy atom. The number of rotatable bonds is 5. The number of ether oxygens (including phenoxy) is 2. The monoisotopic (exact) mass is 390 g/mol. The Balaban J connectivity index is 1.56. The summed E-state index contributed by atoms with van der Waals surface area (Å²) >= 11 is 1.65. The minimum absolute atomic E-state index is 0.261. The summed E-state index contributed by atoms with van der Waals surface area (Å²) in [4.78, 5) is 17.3. The second-order valence-corrected chi connectivity index (χ2v) is 7.09. The molecule has 0 aliphatic rings. The number of hydrogen-bond donors (Lipinski definition) is 1. The fraction of sp³-hybridized carbons (Fsp3) is 0.0909. The summed E-state index contributed by atoms with van der Waals surface area (Å²) in [5.41, 5.74) is 3.11. The van der Waals surface area contributed by atoms with Gasteiger partial charge >= 0.3 is 0 Å². The van der Waals surface area contributed by atoms with Gasteiger partial charge in [-0.3, -0.25) is 4.79 Å². The van der Waals surface area contributed by atoms with E-state index >= 15 is 0 Å². The van der Waals surface area contributed by atoms with Gasteiger partial charge in [-0.25, -0.2) is 4.98 Å². The zero-order valence-corrected chi connectivity index (χ0v) is 16.2. The highest BCUT2D eigenvalue weighted by Gasteiger charge is 2.16. The molecule has 0 saturated carbocycles. The van der Waals surface area contributed by atoms with E-state index in [4.69, 9.17) is 9.47 Å². The first-order chi connectivity index (χ1) is 13.7. The molecule has 6 heteroatoms. The van der Waals surface area contributed by atoms with E-state index in [1.54, 1.807) is 36.6 Å². The summed E-state index contributed by atoms with van der Waals surface area (Å²) in [6, 6.07) is 20.9. The molecule has 1 amide bonds. The fourth-order valence-corrected chi connectivity index (χ4v) is 3.93. The first kappa shape index (κ1) is 18.0. The molecule has 0 aliphatic carbocycles. The van der Waals surface area contributed by atoms with Crippen molar-refractivity contribution < 1.29 is 14.3 Å². The quantitative estimate of drug-likeness (QED) is 0.507. The molecule has 0 fully saturated rings. The number of thiazole rings is 1. The molecule has 0 saturated heterocycles. The number of amides is 1. The van der Waals surface area contributed by atoms with Gasteiger partial charge in [0.1, 0.15) is 5.01 Å². The number of methoxy groups -OCH3 is 2. The maximum Gasteiger partial charge on any atom is 0.259 e. The molecule has 4 rings (SSSR count). The summed E-state index contributed by atoms with van der Waals surface area (Å²) in [6.45, 7) is 0. The van der Waals surface area contributed by atoms with Crippen molar-refractivity contribution in [1.29, 1.82) is 0 Å². The third kappa shape index (κ3) is 3.42. The molecule has 28 heavy (non-hydrogen) atoms. The molecule has 0 aliphatic heterocycles. The van der Waals surface area contributed by atoms with E-state index in [-0.39, 0.29) is 5.91 Å². The molecule has 5 nitrogen and oxygen atoms in total. The van der Waals surface area contributed by atoms with Gasteiger partial charge in [0, 0.05) is 11.3 Å². The topological polar surface area (TPSA) is 60.5 Å². The Kier molecular flexibility index (Phi) is 4.95. The van der Waals surface area contributed by atoms with Crippen molar-refractivity contribution in [3.8, 4) is 22.1 Å². The number of carbonyl (C=O) groups is 1. The van der Waals surface area contributed by atoms with Gasteiger partial charge in [-0.15, -0.1) is 11.3 Å². The van der Waals surface area contributed by atoms with Crippen LogP contribution in [0.15, 0.2) is 66.7 Å². The Morgan fingerprint density at radius 1 is 0.929 bits per heavy atom. The lowest BCUT2D eigenvalue weighted by molar-refractivity contribution is 0.102. The minimum atomic E-state index is -0.261. The average Bonchev–Trinajstić information content (AvgIpc) is 3.17. The molecule has 0 bridgehead atoms. The van der Waals surface area contributed by atoms with E-state index in [1.807, 2.05) is 42.5 Å². The lowest BCUT2D eigenvalue weighted by Gasteiger charge is -2.12. The van der Waals surface area contributed by atoms with Gasteiger partial charge in [0.2, 0.25) is 0 Å². The van der Waals surface area contributed by atoms with Crippen LogP contribution in [0.2, 0.25) is 0 Å². The first-order valence-corrected chi connectivity index (χ1v) is 9.49. The Hall–Kier alpha value is -3.38. The van der Waals surface area contributed by atoms with Crippen LogP contribution in [0.5, 0.6) is 11.5 Å². The molecule has 0 radical (unpaired) electrons. The van der Waals surface area contributed by atoms with Crippen LogP contribution in [0.25, 0.3) is 20.8 Å². The second-order valence-electron chi connectivity index (χ2n) is 6.06. The summed E-state index contributed by atoms with van der Waals surface area (Å²) in [6.07, 6.45) is 0. The minimum Gasteiger partial charge on any atom is -0.493 e. The van der Waals surface area contributed by atoms with Crippen LogP contribution in [0.4, 0.5) is 5.69 Å². The molecular formula is C22H18N2O3S. The highest BCUT2D eigenvalue weighted by Crippen LogP contribution is 2.32. The Labute approximate surface area is 166 Å². The smallest absolute Gasteiger partial charge is 0.259 e. The summed E-state index contributed by atoms with van der Waals surface area (Å²) in [5, 5.41) is 3.85. The van der Waals surface area contributed by atoms with Gasteiger partial charge in [0.25, 0.3) is 5.91 Å². The highest BCUT2D eigenvalue weighted by molar-refractivity contribution is 7.21. The van der Waals surface area contributed by atoms with Crippen molar-refractivity contribution in [2.45, 2.75) is 0 Å². The lowest BCUT2D eigenvalue weighted by Crippen LogP contribution is -2.13. The van der Waals surface area contributed by atoms with Gasteiger partial charge in [0.05, 0.1) is 30.0 Å². The Bertz CT molecular complexity index is 1100. The van der Waals surface area contributed by atoms with Crippen LogP contribution in [-0.4, -0.2) is 25.1 Å². The standard InChI is InChI=1S/C22H18N2O3S/c1-26-18-8-5-6-16(20(18)27-2)21(25)23-15-12-10-14(11-13-15)22-24-17-7-3-4-9-19(17)28-22/h3-13H,1-2H3,(H,23,25). The zero-order chi connectivity index (χ0) is 19.5. The molecule has 140 valence electrons. The molecule has 0 atom stereocenters. The van der Waals surface area contributed by atoms with Crippen LogP contribution in [0.1, 0.15) is 10.4 Å². The van der Waals surface area contributed by atoms with Crippen LogP contribution in [0.3, 0.4) is 0 Å². The van der Waals surface area contributed by atoms with Gasteiger partial charge in [-0.05, 0) is 48.5 Å². The number of nitrogens with one attached hydrogen (secondary N) is 1. The number of nitrogens with zero attached hydrogens (tertiary/aromatic N) is 1. The van der Waals surface area contributed by atoms with Gasteiger partial charge in [-0.1, -0.05) is 18.2 Å². The maximum atomic E-state index is 12.7. The predicted octanol–water partition coefficient (Wildman–Crippen LogP) is 5.23. The highest BCUT2D eigenvalue weighted by atomic mass is 32.1. The molecule has 1 aromatic heterocycles. The molecular weight excluding hydrogens is 372 g/mol. The summed E-state index contributed by atoms with van der Waals surface area (Å²) in [5.74, 6) is 0.665. The van der Waals surface area contributed by atoms with Crippen molar-refractivity contribution in [3.05, 3.63) is 72.3 Å². The van der Waals surface area contributed by atoms with Crippen LogP contribution in [0, 0.1) is 0 Å². The number of benzene rings is 3. The number of hydrogen-bond acceptors (Lipinski definition) is 5. The van der Waals surface area contributed by atoms with E-state index in [2.05, 4.69) is 16.4 Å². The van der Waals surface area contributed by atoms with E-state index in [1.165, 1.54) is 7.11 Å². The third-order valence-electron chi connectivity index (χ3n) is 4.33. The fourth-order valence-electron chi connectivity index (χ4n) is 2.96. The van der Waals surface area contributed by atoms with Crippen LogP contribution < -0.4 is 14.8 Å². The lowest BCUT2D eigenvalue weighted by atomic mass is 10.1. The van der Waals surface area contributed by atoms with Crippen molar-refractivity contribution in [2.24, 2.45) is 0 Å². The van der Waals surface area contributed by atoms with Crippen molar-refractivity contribution in [2.75, 3.05) is 19.5 Å². The normalized spacial score (nSPS) is 10.6. The molecule has 0 spiro atoms.